The van der Waals surface area contributed by atoms with E-state index in [4.69, 9.17) is 0 Å². The van der Waals surface area contributed by atoms with Gasteiger partial charge in [-0.2, -0.15) is 12.5 Å². The van der Waals surface area contributed by atoms with Gasteiger partial charge in [0.1, 0.15) is 5.76 Å². The molecule has 3 aromatic carbocycles. The number of carbonyl (C=O) groups excluding carboxylic acids is 1. The molecule has 315 valence electrons. The predicted octanol–water partition coefficient (Wildman–Crippen LogP) is 15.5. The molecule has 5 heteroatoms. The van der Waals surface area contributed by atoms with E-state index in [0.717, 1.165) is 31.2 Å². The normalized spacial score (nSPS) is 16.7. The molecular formula is C53H70IrNO2S-. The number of hydrogen-bond acceptors (Lipinski definition) is 3. The minimum atomic E-state index is -0.337. The standard InChI is InChI=1S/C38H42NS.C15H28O2.Ir/c1-25-28-11-7-8-12-29(28)33(37(2,3)4)24-32(25)35-36-31(17-22-39(35)5)30-14-13-27(23-34(30)40-36)26-15-20-38(21-16-26)18-9-6-10-19-38;1-7-14(5,8-2)12(16)11-13(17)15(6,9-3)10-4;/h7-8,11-14,17,22-24,26H,1,5-6,9-10,15-16,18-21H2,2-4H3;11,16H,7-10H2,1-6H3;/q-1;;/b;12-11-;. The first-order chi connectivity index (χ1) is 27.0. The van der Waals surface area contributed by atoms with E-state index in [0.29, 0.717) is 11.3 Å². The number of aliphatic hydroxyl groups is 1. The van der Waals surface area contributed by atoms with Crippen LogP contribution in [0.5, 0.6) is 0 Å². The zero-order valence-electron chi connectivity index (χ0n) is 37.1. The first kappa shape index (κ1) is 46.0. The summed E-state index contributed by atoms with van der Waals surface area (Å²) < 4.78 is 4.78. The third-order valence-corrected chi connectivity index (χ3v) is 16.1. The fraction of sp³-hybridized carbons (Fsp3) is 0.509. The van der Waals surface area contributed by atoms with Gasteiger partial charge in [0.15, 0.2) is 5.78 Å². The molecule has 0 atom stereocenters. The Bertz CT molecular complexity index is 2250. The van der Waals surface area contributed by atoms with Crippen molar-refractivity contribution in [3.05, 3.63) is 103 Å². The summed E-state index contributed by atoms with van der Waals surface area (Å²) in [7, 11) is 4.46. The quantitative estimate of drug-likeness (QED) is 0.0692. The molecule has 2 aromatic heterocycles. The summed E-state index contributed by atoms with van der Waals surface area (Å²) in [4.78, 5) is 12.2. The summed E-state index contributed by atoms with van der Waals surface area (Å²) in [6, 6.07) is 20.7. The summed E-state index contributed by atoms with van der Waals surface area (Å²) >= 11 is 1.94. The number of pyridine rings is 1. The Labute approximate surface area is 368 Å². The summed E-state index contributed by atoms with van der Waals surface area (Å²) in [6.07, 6.45) is 19.8. The van der Waals surface area contributed by atoms with Crippen LogP contribution < -0.4 is 4.57 Å². The summed E-state index contributed by atoms with van der Waals surface area (Å²) in [5, 5.41) is 15.4. The summed E-state index contributed by atoms with van der Waals surface area (Å²) in [5.74, 6) is 0.995. The maximum absolute atomic E-state index is 12.2. The second kappa shape index (κ2) is 18.2. The number of ketones is 1. The Hall–Kier alpha value is -3.11. The largest absolute Gasteiger partial charge is 0.512 e. The number of aliphatic hydroxyl groups excluding tert-OH is 1. The molecule has 1 radical (unpaired) electrons. The molecule has 0 bridgehead atoms. The third kappa shape index (κ3) is 8.99. The first-order valence-electron chi connectivity index (χ1n) is 22.1. The van der Waals surface area contributed by atoms with E-state index in [2.05, 4.69) is 100 Å². The van der Waals surface area contributed by atoms with Crippen LogP contribution in [-0.4, -0.2) is 10.9 Å². The smallest absolute Gasteiger partial charge is 0.164 e. The molecule has 2 aliphatic rings. The fourth-order valence-corrected chi connectivity index (χ4v) is 11.0. The first-order valence-corrected chi connectivity index (χ1v) is 22.9. The molecule has 2 fully saturated rings. The van der Waals surface area contributed by atoms with E-state index in [1.165, 1.54) is 112 Å². The van der Waals surface area contributed by atoms with E-state index >= 15 is 0 Å². The molecule has 7 rings (SSSR count). The molecule has 2 aliphatic carbocycles. The number of rotatable bonds is 9. The van der Waals surface area contributed by atoms with Crippen molar-refractivity contribution in [3.63, 3.8) is 0 Å². The monoisotopic (exact) mass is 977 g/mol. The molecule has 2 heterocycles. The number of thiophene rings is 1. The molecule has 0 unspecified atom stereocenters. The van der Waals surface area contributed by atoms with Crippen molar-refractivity contribution in [2.45, 2.75) is 157 Å². The maximum Gasteiger partial charge on any atom is 0.164 e. The zero-order valence-corrected chi connectivity index (χ0v) is 40.3. The van der Waals surface area contributed by atoms with Crippen molar-refractivity contribution < 1.29 is 34.6 Å². The SMILES string of the molecule is CCC(C)(CC)C(=O)/C=C(\O)C(C)(CC)CC.[CH2-]c1c(-c2c3sc4cc(C5CCC6(CCCCC6)CC5)ccc4c3cc[n+]2[CH2-])cc(C(C)(C)C)c2ccccc12.[Ir]. The Balaban J connectivity index is 0.000000304. The Kier molecular flexibility index (Phi) is 14.5. The van der Waals surface area contributed by atoms with Crippen LogP contribution in [0.3, 0.4) is 0 Å². The Morgan fingerprint density at radius 1 is 0.810 bits per heavy atom. The van der Waals surface area contributed by atoms with Crippen molar-refractivity contribution in [2.24, 2.45) is 16.2 Å². The number of fused-ring (bicyclic) bond motifs is 4. The summed E-state index contributed by atoms with van der Waals surface area (Å²) in [6.45, 7) is 23.6. The Morgan fingerprint density at radius 2 is 1.41 bits per heavy atom. The molecular weight excluding hydrogens is 907 g/mol. The number of aromatic nitrogens is 1. The van der Waals surface area contributed by atoms with Crippen LogP contribution in [0.2, 0.25) is 0 Å². The minimum absolute atomic E-state index is 0. The van der Waals surface area contributed by atoms with Crippen LogP contribution >= 0.6 is 11.3 Å². The van der Waals surface area contributed by atoms with Gasteiger partial charge in [-0.3, -0.25) is 4.79 Å². The van der Waals surface area contributed by atoms with Gasteiger partial charge in [-0.05, 0) is 109 Å². The van der Waals surface area contributed by atoms with Crippen molar-refractivity contribution in [2.75, 3.05) is 0 Å². The van der Waals surface area contributed by atoms with Crippen LogP contribution in [-0.2, 0) is 30.3 Å². The number of benzene rings is 3. The van der Waals surface area contributed by atoms with E-state index < -0.39 is 0 Å². The van der Waals surface area contributed by atoms with Gasteiger partial charge >= 0.3 is 0 Å². The van der Waals surface area contributed by atoms with Gasteiger partial charge in [-0.1, -0.05) is 123 Å². The Morgan fingerprint density at radius 3 is 2.00 bits per heavy atom. The average molecular weight is 977 g/mol. The van der Waals surface area contributed by atoms with Gasteiger partial charge < -0.3 is 9.67 Å². The average Bonchev–Trinajstić information content (AvgIpc) is 3.58. The fourth-order valence-electron chi connectivity index (χ4n) is 9.69. The predicted molar refractivity (Wildman–Crippen MR) is 246 cm³/mol. The van der Waals surface area contributed by atoms with Gasteiger partial charge in [0.2, 0.25) is 0 Å². The van der Waals surface area contributed by atoms with Gasteiger partial charge in [0, 0.05) is 53.5 Å². The van der Waals surface area contributed by atoms with E-state index in [1.807, 2.05) is 52.9 Å². The number of nitrogens with zero attached hydrogens (tertiary/aromatic N) is 1. The van der Waals surface area contributed by atoms with Crippen LogP contribution in [0, 0.1) is 30.2 Å². The zero-order chi connectivity index (χ0) is 41.3. The van der Waals surface area contributed by atoms with Crippen molar-refractivity contribution in [1.29, 1.82) is 0 Å². The van der Waals surface area contributed by atoms with Crippen molar-refractivity contribution >= 4 is 48.1 Å². The second-order valence-electron chi connectivity index (χ2n) is 19.2. The van der Waals surface area contributed by atoms with Crippen molar-refractivity contribution in [3.8, 4) is 11.3 Å². The second-order valence-corrected chi connectivity index (χ2v) is 20.3. The van der Waals surface area contributed by atoms with Crippen LogP contribution in [0.1, 0.15) is 168 Å². The molecule has 58 heavy (non-hydrogen) atoms. The maximum atomic E-state index is 12.2. The van der Waals surface area contributed by atoms with Gasteiger partial charge in [0.05, 0.1) is 11.9 Å². The number of hydrogen-bond donors (Lipinski definition) is 1. The molecule has 5 aromatic rings. The molecule has 1 spiro atoms. The number of carbonyl (C=O) groups is 1. The van der Waals surface area contributed by atoms with Crippen LogP contribution in [0.4, 0.5) is 0 Å². The van der Waals surface area contributed by atoms with Crippen LogP contribution in [0.25, 0.3) is 42.2 Å². The van der Waals surface area contributed by atoms with Gasteiger partial charge in [-0.25, -0.2) is 0 Å². The third-order valence-electron chi connectivity index (χ3n) is 14.9. The molecule has 0 aliphatic heterocycles. The summed E-state index contributed by atoms with van der Waals surface area (Å²) in [5.41, 5.74) is 6.46. The molecule has 1 N–H and O–H groups in total. The van der Waals surface area contributed by atoms with Crippen molar-refractivity contribution in [1.82, 2.24) is 0 Å². The molecule has 0 amide bonds. The minimum Gasteiger partial charge on any atom is -0.512 e. The molecule has 2 saturated carbocycles. The van der Waals surface area contributed by atoms with E-state index in [9.17, 15) is 9.90 Å². The van der Waals surface area contributed by atoms with E-state index in [1.54, 1.807) is 5.56 Å². The van der Waals surface area contributed by atoms with Crippen LogP contribution in [0.15, 0.2) is 72.6 Å². The molecule has 3 nitrogen and oxygen atoms in total. The molecule has 0 saturated heterocycles. The van der Waals surface area contributed by atoms with Gasteiger partial charge in [0.25, 0.3) is 0 Å². The van der Waals surface area contributed by atoms with E-state index in [-0.39, 0.29) is 47.9 Å². The topological polar surface area (TPSA) is 41.2 Å². The van der Waals surface area contributed by atoms with Gasteiger partial charge in [-0.15, -0.1) is 34.4 Å². The number of allylic oxidation sites excluding steroid dienone is 2.